The quantitative estimate of drug-likeness (QED) is 0.477. The fraction of sp³-hybridized carbons (Fsp3) is 0.481. The highest BCUT2D eigenvalue weighted by Crippen LogP contribution is 2.38. The van der Waals surface area contributed by atoms with Crippen molar-refractivity contribution in [1.29, 1.82) is 0 Å². The number of carbonyl (C=O) groups is 1. The number of anilines is 1. The predicted octanol–water partition coefficient (Wildman–Crippen LogP) is 3.22. The number of aromatic nitrogens is 5. The van der Waals surface area contributed by atoms with E-state index in [0.29, 0.717) is 5.91 Å². The number of fused-ring (bicyclic) bond motifs is 2. The van der Waals surface area contributed by atoms with Gasteiger partial charge in [-0.15, -0.1) is 0 Å². The van der Waals surface area contributed by atoms with Crippen molar-refractivity contribution in [3.05, 3.63) is 41.3 Å². The number of piperazine rings is 1. The Kier molecular flexibility index (Phi) is 5.48. The third-order valence-corrected chi connectivity index (χ3v) is 7.97. The molecule has 6 rings (SSSR count). The molecule has 1 N–H and O–H groups in total. The van der Waals surface area contributed by atoms with Crippen molar-refractivity contribution >= 4 is 28.4 Å². The summed E-state index contributed by atoms with van der Waals surface area (Å²) in [7, 11) is 2.07. The second-order valence-electron chi connectivity index (χ2n) is 10.7. The van der Waals surface area contributed by atoms with E-state index < -0.39 is 0 Å². The lowest BCUT2D eigenvalue weighted by Gasteiger charge is -2.41. The van der Waals surface area contributed by atoms with Crippen molar-refractivity contribution in [2.24, 2.45) is 5.92 Å². The number of aromatic amines is 1. The topological polar surface area (TPSA) is 85.7 Å². The summed E-state index contributed by atoms with van der Waals surface area (Å²) in [5.41, 5.74) is 8.72. The number of hydrogen-bond acceptors (Lipinski definition) is 6. The lowest BCUT2D eigenvalue weighted by atomic mass is 9.95. The molecule has 9 nitrogen and oxygen atoms in total. The first kappa shape index (κ1) is 23.0. The van der Waals surface area contributed by atoms with Gasteiger partial charge in [-0.05, 0) is 50.1 Å². The number of hydrogen-bond donors (Lipinski definition) is 1. The molecule has 0 atom stereocenters. The molecule has 9 heteroatoms. The second-order valence-corrected chi connectivity index (χ2v) is 10.7. The molecule has 36 heavy (non-hydrogen) atoms. The van der Waals surface area contributed by atoms with Gasteiger partial charge in [0.15, 0.2) is 5.65 Å². The zero-order valence-electron chi connectivity index (χ0n) is 21.7. The highest BCUT2D eigenvalue weighted by Gasteiger charge is 2.34. The molecular formula is C27H34N8O. The van der Waals surface area contributed by atoms with Crippen molar-refractivity contribution in [1.82, 2.24) is 34.4 Å². The van der Waals surface area contributed by atoms with Gasteiger partial charge in [-0.25, -0.2) is 14.5 Å². The molecule has 0 radical (unpaired) electrons. The monoisotopic (exact) mass is 486 g/mol. The second kappa shape index (κ2) is 8.58. The molecule has 0 bridgehead atoms. The fourth-order valence-corrected chi connectivity index (χ4v) is 5.75. The molecule has 2 aliphatic heterocycles. The minimum atomic E-state index is 0.173. The molecule has 4 aromatic heterocycles. The Bertz CT molecular complexity index is 1450. The van der Waals surface area contributed by atoms with Gasteiger partial charge in [0.1, 0.15) is 12.1 Å². The molecule has 2 fully saturated rings. The Balaban J connectivity index is 1.32. The zero-order valence-corrected chi connectivity index (χ0v) is 21.7. The summed E-state index contributed by atoms with van der Waals surface area (Å²) in [6.45, 7) is 13.6. The van der Waals surface area contributed by atoms with Crippen LogP contribution in [0.5, 0.6) is 0 Å². The summed E-state index contributed by atoms with van der Waals surface area (Å²) in [6, 6.07) is 4.24. The molecule has 2 aliphatic rings. The van der Waals surface area contributed by atoms with E-state index in [9.17, 15) is 4.79 Å². The SMILES string of the molecule is Cc1c(-c2[nH]c3ccc(N4CCN(C(=O)C5CN(C)C5)CC4)nc3c2C(C)C)cn2ncnc2c1C. The Labute approximate surface area is 211 Å². The highest BCUT2D eigenvalue weighted by molar-refractivity contribution is 5.90. The van der Waals surface area contributed by atoms with E-state index in [2.05, 4.69) is 77.9 Å². The van der Waals surface area contributed by atoms with Gasteiger partial charge in [-0.1, -0.05) is 13.8 Å². The van der Waals surface area contributed by atoms with Crippen LogP contribution in [0.15, 0.2) is 24.7 Å². The number of H-pyrrole nitrogens is 1. The number of rotatable bonds is 4. The summed E-state index contributed by atoms with van der Waals surface area (Å²) in [5.74, 6) is 1.75. The van der Waals surface area contributed by atoms with E-state index >= 15 is 0 Å². The maximum Gasteiger partial charge on any atom is 0.228 e. The minimum absolute atomic E-state index is 0.173. The van der Waals surface area contributed by atoms with Crippen LogP contribution < -0.4 is 4.90 Å². The molecule has 0 saturated carbocycles. The third-order valence-electron chi connectivity index (χ3n) is 7.97. The Hall–Kier alpha value is -3.46. The molecule has 1 amide bonds. The van der Waals surface area contributed by atoms with Gasteiger partial charge in [0.2, 0.25) is 5.91 Å². The Morgan fingerprint density at radius 3 is 2.53 bits per heavy atom. The number of nitrogens with zero attached hydrogens (tertiary/aromatic N) is 7. The van der Waals surface area contributed by atoms with E-state index in [-0.39, 0.29) is 11.8 Å². The molecule has 0 aliphatic carbocycles. The predicted molar refractivity (Wildman–Crippen MR) is 141 cm³/mol. The summed E-state index contributed by atoms with van der Waals surface area (Å²) in [5, 5.41) is 4.39. The number of amides is 1. The minimum Gasteiger partial charge on any atom is -0.353 e. The smallest absolute Gasteiger partial charge is 0.228 e. The molecule has 0 unspecified atom stereocenters. The number of carbonyl (C=O) groups excluding carboxylic acids is 1. The third kappa shape index (κ3) is 3.64. The van der Waals surface area contributed by atoms with Crippen molar-refractivity contribution < 1.29 is 4.79 Å². The Morgan fingerprint density at radius 1 is 1.08 bits per heavy atom. The lowest BCUT2D eigenvalue weighted by molar-refractivity contribution is -0.140. The van der Waals surface area contributed by atoms with E-state index in [4.69, 9.17) is 4.98 Å². The van der Waals surface area contributed by atoms with Crippen molar-refractivity contribution in [2.45, 2.75) is 33.6 Å². The van der Waals surface area contributed by atoms with Crippen LogP contribution in [0.2, 0.25) is 0 Å². The van der Waals surface area contributed by atoms with Gasteiger partial charge in [0.25, 0.3) is 0 Å². The summed E-state index contributed by atoms with van der Waals surface area (Å²) < 4.78 is 1.86. The van der Waals surface area contributed by atoms with Crippen LogP contribution in [0.1, 0.15) is 36.5 Å². The van der Waals surface area contributed by atoms with Crippen LogP contribution in [-0.2, 0) is 4.79 Å². The van der Waals surface area contributed by atoms with E-state index in [0.717, 1.165) is 78.6 Å². The first-order chi connectivity index (χ1) is 17.3. The van der Waals surface area contributed by atoms with Crippen LogP contribution in [0.25, 0.3) is 27.9 Å². The van der Waals surface area contributed by atoms with Crippen molar-refractivity contribution in [3.8, 4) is 11.3 Å². The molecule has 4 aromatic rings. The zero-order chi connectivity index (χ0) is 25.1. The van der Waals surface area contributed by atoms with Crippen molar-refractivity contribution in [2.75, 3.05) is 51.2 Å². The van der Waals surface area contributed by atoms with Crippen molar-refractivity contribution in [3.63, 3.8) is 0 Å². The fourth-order valence-electron chi connectivity index (χ4n) is 5.75. The average Bonchev–Trinajstić information content (AvgIpc) is 3.48. The highest BCUT2D eigenvalue weighted by atomic mass is 16.2. The van der Waals surface area contributed by atoms with Gasteiger partial charge in [0.05, 0.1) is 22.6 Å². The van der Waals surface area contributed by atoms with Crippen LogP contribution in [0.3, 0.4) is 0 Å². The molecule has 0 aromatic carbocycles. The van der Waals surface area contributed by atoms with Crippen LogP contribution in [0, 0.1) is 19.8 Å². The molecule has 6 heterocycles. The van der Waals surface area contributed by atoms with Gasteiger partial charge < -0.3 is 19.7 Å². The molecule has 188 valence electrons. The van der Waals surface area contributed by atoms with Gasteiger partial charge >= 0.3 is 0 Å². The number of likely N-dealkylation sites (tertiary alicyclic amines) is 1. The standard InChI is InChI=1S/C27H34N8O/c1-16(2)23-24(20-14-35-26(28-15-29-35)18(4)17(20)3)30-21-6-7-22(31-25(21)23)33-8-10-34(11-9-33)27(36)19-12-32(5)13-19/h6-7,14-16,19,30H,8-13H2,1-5H3. The first-order valence-corrected chi connectivity index (χ1v) is 12.9. The number of nitrogens with one attached hydrogen (secondary N) is 1. The normalized spacial score (nSPS) is 17.5. The molecule has 2 saturated heterocycles. The van der Waals surface area contributed by atoms with E-state index in [1.165, 1.54) is 11.1 Å². The maximum atomic E-state index is 12.8. The Morgan fingerprint density at radius 2 is 1.83 bits per heavy atom. The van der Waals surface area contributed by atoms with Crippen LogP contribution >= 0.6 is 0 Å². The molecule has 0 spiro atoms. The molecular weight excluding hydrogens is 452 g/mol. The largest absolute Gasteiger partial charge is 0.353 e. The maximum absolute atomic E-state index is 12.8. The lowest BCUT2D eigenvalue weighted by Crippen LogP contribution is -2.57. The van der Waals surface area contributed by atoms with Gasteiger partial charge in [-0.3, -0.25) is 4.79 Å². The first-order valence-electron chi connectivity index (χ1n) is 12.9. The number of pyridine rings is 2. The van der Waals surface area contributed by atoms with Crippen LogP contribution in [-0.4, -0.2) is 86.6 Å². The summed E-state index contributed by atoms with van der Waals surface area (Å²) in [4.78, 5) is 32.6. The van der Waals surface area contributed by atoms with E-state index in [1.54, 1.807) is 6.33 Å². The summed E-state index contributed by atoms with van der Waals surface area (Å²) in [6.07, 6.45) is 3.67. The van der Waals surface area contributed by atoms with Crippen LogP contribution in [0.4, 0.5) is 5.82 Å². The summed E-state index contributed by atoms with van der Waals surface area (Å²) >= 11 is 0. The number of aryl methyl sites for hydroxylation is 1. The van der Waals surface area contributed by atoms with E-state index in [1.807, 2.05) is 9.42 Å². The van der Waals surface area contributed by atoms with Gasteiger partial charge in [0, 0.05) is 56.6 Å². The van der Waals surface area contributed by atoms with Gasteiger partial charge in [-0.2, -0.15) is 5.10 Å². The average molecular weight is 487 g/mol.